The first-order valence-corrected chi connectivity index (χ1v) is 16.7. The summed E-state index contributed by atoms with van der Waals surface area (Å²) in [6.07, 6.45) is 6.91. The topological polar surface area (TPSA) is 0 Å². The van der Waals surface area contributed by atoms with Crippen molar-refractivity contribution in [2.45, 2.75) is 58.8 Å². The SMILES string of the molecule is CCCCCC#C[Si](C)(C)c1ccc([Si](C)(C)C(Cl)=Cc2ccccc2)cc1. The summed E-state index contributed by atoms with van der Waals surface area (Å²) in [5.41, 5.74) is 4.77. The largest absolute Gasteiger partial charge is 0.162 e. The number of unbranched alkanes of at least 4 members (excludes halogenated alkanes) is 3. The Hall–Kier alpha value is -1.54. The van der Waals surface area contributed by atoms with E-state index >= 15 is 0 Å². The molecule has 0 saturated carbocycles. The average molecular weight is 425 g/mol. The summed E-state index contributed by atoms with van der Waals surface area (Å²) < 4.78 is 0.985. The Morgan fingerprint density at radius 2 is 1.50 bits per heavy atom. The minimum atomic E-state index is -1.88. The first-order valence-electron chi connectivity index (χ1n) is 10.3. The number of hydrogen-bond donors (Lipinski definition) is 0. The molecular formula is C25H33ClSi2. The molecular weight excluding hydrogens is 392 g/mol. The van der Waals surface area contributed by atoms with Crippen LogP contribution in [0.15, 0.2) is 59.3 Å². The molecule has 28 heavy (non-hydrogen) atoms. The minimum absolute atomic E-state index is 0.985. The van der Waals surface area contributed by atoms with E-state index in [1.165, 1.54) is 29.6 Å². The Balaban J connectivity index is 2.17. The molecule has 2 aromatic rings. The van der Waals surface area contributed by atoms with Crippen molar-refractivity contribution in [2.24, 2.45) is 0 Å². The second-order valence-corrected chi connectivity index (χ2v) is 17.7. The molecule has 0 nitrogen and oxygen atoms in total. The molecule has 0 amide bonds. The highest BCUT2D eigenvalue weighted by molar-refractivity contribution is 7.02. The minimum Gasteiger partial charge on any atom is -0.126 e. The second-order valence-electron chi connectivity index (χ2n) is 8.49. The number of halogens is 1. The van der Waals surface area contributed by atoms with E-state index in [0.717, 1.165) is 16.6 Å². The van der Waals surface area contributed by atoms with Crippen molar-refractivity contribution in [3.05, 3.63) is 64.8 Å². The van der Waals surface area contributed by atoms with Crippen molar-refractivity contribution in [1.29, 1.82) is 0 Å². The summed E-state index contributed by atoms with van der Waals surface area (Å²) in [4.78, 5) is 0. The lowest BCUT2D eigenvalue weighted by Gasteiger charge is -2.24. The fourth-order valence-corrected chi connectivity index (χ4v) is 7.10. The molecule has 2 rings (SSSR count). The van der Waals surface area contributed by atoms with E-state index in [4.69, 9.17) is 11.6 Å². The zero-order chi connectivity index (χ0) is 20.6. The smallest absolute Gasteiger partial charge is 0.126 e. The van der Waals surface area contributed by atoms with Gasteiger partial charge in [0.15, 0.2) is 8.07 Å². The van der Waals surface area contributed by atoms with Gasteiger partial charge >= 0.3 is 0 Å². The van der Waals surface area contributed by atoms with Crippen LogP contribution in [0.2, 0.25) is 26.2 Å². The Morgan fingerprint density at radius 3 is 2.11 bits per heavy atom. The Kier molecular flexibility index (Phi) is 8.37. The van der Waals surface area contributed by atoms with Crippen LogP contribution in [0.3, 0.4) is 0 Å². The summed E-state index contributed by atoms with van der Waals surface area (Å²) in [7, 11) is -3.59. The van der Waals surface area contributed by atoms with Crippen LogP contribution in [0.25, 0.3) is 6.08 Å². The summed E-state index contributed by atoms with van der Waals surface area (Å²) in [6, 6.07) is 19.5. The standard InChI is InChI=1S/C25H33ClSi2/c1-6-7-8-9-13-20-27(2,3)23-16-18-24(19-17-23)28(4,5)25(26)21-22-14-11-10-12-15-22/h10-12,14-19,21H,6-9H2,1-5H3. The van der Waals surface area contributed by atoms with Crippen molar-refractivity contribution in [2.75, 3.05) is 0 Å². The third kappa shape index (κ3) is 6.24. The summed E-state index contributed by atoms with van der Waals surface area (Å²) in [5.74, 6) is 3.44. The van der Waals surface area contributed by atoms with Crippen molar-refractivity contribution in [3.8, 4) is 11.5 Å². The van der Waals surface area contributed by atoms with Crippen LogP contribution in [0.1, 0.15) is 38.2 Å². The first kappa shape index (κ1) is 22.7. The molecule has 0 spiro atoms. The van der Waals surface area contributed by atoms with E-state index in [0.29, 0.717) is 0 Å². The fourth-order valence-electron chi connectivity index (χ4n) is 3.14. The van der Waals surface area contributed by atoms with Crippen LogP contribution in [-0.2, 0) is 0 Å². The van der Waals surface area contributed by atoms with Crippen molar-refractivity contribution < 1.29 is 0 Å². The van der Waals surface area contributed by atoms with Gasteiger partial charge in [0.05, 0.1) is 0 Å². The maximum absolute atomic E-state index is 6.79. The fraction of sp³-hybridized carbons (Fsp3) is 0.360. The van der Waals surface area contributed by atoms with Crippen LogP contribution in [0.5, 0.6) is 0 Å². The van der Waals surface area contributed by atoms with Gasteiger partial charge in [0.2, 0.25) is 0 Å². The highest BCUT2D eigenvalue weighted by atomic mass is 35.5. The Labute approximate surface area is 179 Å². The van der Waals surface area contributed by atoms with E-state index in [2.05, 4.69) is 99.2 Å². The van der Waals surface area contributed by atoms with Gasteiger partial charge in [-0.3, -0.25) is 0 Å². The summed E-state index contributed by atoms with van der Waals surface area (Å²) in [6.45, 7) is 11.6. The molecule has 0 aliphatic rings. The monoisotopic (exact) mass is 424 g/mol. The quantitative estimate of drug-likeness (QED) is 0.272. The van der Waals surface area contributed by atoms with Crippen molar-refractivity contribution >= 4 is 44.2 Å². The molecule has 0 fully saturated rings. The van der Waals surface area contributed by atoms with E-state index in [1.54, 1.807) is 0 Å². The maximum atomic E-state index is 6.79. The molecule has 0 atom stereocenters. The van der Waals surface area contributed by atoms with Gasteiger partial charge in [0, 0.05) is 11.1 Å². The Morgan fingerprint density at radius 1 is 0.893 bits per heavy atom. The molecule has 148 valence electrons. The molecule has 0 heterocycles. The predicted molar refractivity (Wildman–Crippen MR) is 133 cm³/mol. The zero-order valence-corrected chi connectivity index (χ0v) is 20.7. The van der Waals surface area contributed by atoms with E-state index in [-0.39, 0.29) is 0 Å². The number of hydrogen-bond acceptors (Lipinski definition) is 0. The first-order chi connectivity index (χ1) is 13.3. The predicted octanol–water partition coefficient (Wildman–Crippen LogP) is 6.46. The number of benzene rings is 2. The van der Waals surface area contributed by atoms with Crippen LogP contribution >= 0.6 is 11.6 Å². The molecule has 3 heteroatoms. The molecule has 0 N–H and O–H groups in total. The summed E-state index contributed by atoms with van der Waals surface area (Å²) in [5, 5.41) is 2.78. The molecule has 0 unspecified atom stereocenters. The molecule has 0 bridgehead atoms. The van der Waals surface area contributed by atoms with Crippen LogP contribution in [-0.4, -0.2) is 16.1 Å². The molecule has 0 aromatic heterocycles. The summed E-state index contributed by atoms with van der Waals surface area (Å²) >= 11 is 6.79. The zero-order valence-electron chi connectivity index (χ0n) is 18.0. The van der Waals surface area contributed by atoms with Gasteiger partial charge < -0.3 is 0 Å². The van der Waals surface area contributed by atoms with E-state index in [9.17, 15) is 0 Å². The van der Waals surface area contributed by atoms with Crippen molar-refractivity contribution in [1.82, 2.24) is 0 Å². The highest BCUT2D eigenvalue weighted by Crippen LogP contribution is 2.22. The maximum Gasteiger partial charge on any atom is 0.162 e. The number of rotatable bonds is 7. The third-order valence-electron chi connectivity index (χ3n) is 5.32. The lowest BCUT2D eigenvalue weighted by Crippen LogP contribution is -2.45. The van der Waals surface area contributed by atoms with Gasteiger partial charge in [0.1, 0.15) is 8.07 Å². The van der Waals surface area contributed by atoms with E-state index in [1.807, 2.05) is 6.07 Å². The second kappa shape index (κ2) is 10.3. The molecule has 2 aromatic carbocycles. The lowest BCUT2D eigenvalue weighted by molar-refractivity contribution is 0.737. The van der Waals surface area contributed by atoms with Crippen LogP contribution in [0, 0.1) is 11.5 Å². The van der Waals surface area contributed by atoms with E-state index < -0.39 is 16.1 Å². The molecule has 0 radical (unpaired) electrons. The van der Waals surface area contributed by atoms with Gasteiger partial charge in [-0.15, -0.1) is 11.5 Å². The third-order valence-corrected chi connectivity index (χ3v) is 12.5. The van der Waals surface area contributed by atoms with Gasteiger partial charge in [0.25, 0.3) is 0 Å². The molecule has 0 saturated heterocycles. The molecule has 0 aliphatic heterocycles. The van der Waals surface area contributed by atoms with Gasteiger partial charge in [-0.25, -0.2) is 0 Å². The van der Waals surface area contributed by atoms with Crippen LogP contribution in [0.4, 0.5) is 0 Å². The lowest BCUT2D eigenvalue weighted by atomic mass is 10.2. The van der Waals surface area contributed by atoms with Gasteiger partial charge in [-0.05, 0) is 23.2 Å². The average Bonchev–Trinajstić information content (AvgIpc) is 2.68. The van der Waals surface area contributed by atoms with Gasteiger partial charge in [-0.1, -0.05) is 117 Å². The Bertz CT molecular complexity index is 838. The van der Waals surface area contributed by atoms with Gasteiger partial charge in [-0.2, -0.15) is 0 Å². The normalized spacial score (nSPS) is 12.4. The van der Waals surface area contributed by atoms with Crippen molar-refractivity contribution in [3.63, 3.8) is 0 Å². The molecule has 0 aliphatic carbocycles. The highest BCUT2D eigenvalue weighted by Gasteiger charge is 2.28. The van der Waals surface area contributed by atoms with Crippen LogP contribution < -0.4 is 10.4 Å².